The smallest absolute Gasteiger partial charge is 0.248 e. The summed E-state index contributed by atoms with van der Waals surface area (Å²) >= 11 is 6.22. The Kier molecular flexibility index (Phi) is 6.84. The molecule has 7 nitrogen and oxygen atoms in total. The number of anilines is 2. The van der Waals surface area contributed by atoms with Gasteiger partial charge in [0.15, 0.2) is 17.3 Å². The maximum atomic E-state index is 6.23. The number of aryl methyl sites for hydroxylation is 2. The average molecular weight is 429 g/mol. The summed E-state index contributed by atoms with van der Waals surface area (Å²) in [5.74, 6) is 2.82. The number of nitrogens with two attached hydrogens (primary N) is 1. The number of hydrogen-bond donors (Lipinski definition) is 2. The van der Waals surface area contributed by atoms with Gasteiger partial charge in [0.2, 0.25) is 5.88 Å². The van der Waals surface area contributed by atoms with Crippen molar-refractivity contribution < 1.29 is 14.2 Å². The first-order valence-electron chi connectivity index (χ1n) is 9.42. The molecule has 0 aliphatic heterocycles. The second-order valence-corrected chi connectivity index (χ2v) is 7.16. The van der Waals surface area contributed by atoms with Gasteiger partial charge in [0.25, 0.3) is 0 Å². The monoisotopic (exact) mass is 428 g/mol. The minimum atomic E-state index is 0.291. The molecule has 0 amide bonds. The third kappa shape index (κ3) is 4.86. The number of halogens is 1. The SMILES string of the molecule is COc1ccc(CCNc2ncnc(Oc3cc(C)c(Cl)c(C)c3)c2N)cc1OC. The molecule has 0 spiro atoms. The fraction of sp³-hybridized carbons (Fsp3) is 0.273. The van der Waals surface area contributed by atoms with Crippen LogP contribution in [0.5, 0.6) is 23.1 Å². The van der Waals surface area contributed by atoms with E-state index in [2.05, 4.69) is 15.3 Å². The van der Waals surface area contributed by atoms with Gasteiger partial charge in [-0.2, -0.15) is 4.98 Å². The summed E-state index contributed by atoms with van der Waals surface area (Å²) in [7, 11) is 3.23. The third-order valence-electron chi connectivity index (χ3n) is 4.63. The van der Waals surface area contributed by atoms with E-state index in [0.717, 1.165) is 28.1 Å². The predicted octanol–water partition coefficient (Wildman–Crippen LogP) is 4.79. The van der Waals surface area contributed by atoms with Gasteiger partial charge in [-0.3, -0.25) is 0 Å². The van der Waals surface area contributed by atoms with Crippen LogP contribution in [0.1, 0.15) is 16.7 Å². The van der Waals surface area contributed by atoms with Crippen molar-refractivity contribution in [2.24, 2.45) is 0 Å². The summed E-state index contributed by atoms with van der Waals surface area (Å²) in [5.41, 5.74) is 9.51. The maximum absolute atomic E-state index is 6.23. The quantitative estimate of drug-likeness (QED) is 0.532. The van der Waals surface area contributed by atoms with Crippen molar-refractivity contribution >= 4 is 23.1 Å². The van der Waals surface area contributed by atoms with Crippen LogP contribution >= 0.6 is 11.6 Å². The number of rotatable bonds is 8. The zero-order chi connectivity index (χ0) is 21.7. The predicted molar refractivity (Wildman–Crippen MR) is 119 cm³/mol. The van der Waals surface area contributed by atoms with Crippen molar-refractivity contribution in [3.63, 3.8) is 0 Å². The second kappa shape index (κ2) is 9.54. The number of benzene rings is 2. The molecule has 2 aromatic carbocycles. The van der Waals surface area contributed by atoms with Crippen LogP contribution in [0, 0.1) is 13.8 Å². The van der Waals surface area contributed by atoms with Gasteiger partial charge in [-0.1, -0.05) is 17.7 Å². The fourth-order valence-electron chi connectivity index (χ4n) is 3.04. The van der Waals surface area contributed by atoms with Crippen molar-refractivity contribution in [3.05, 3.63) is 58.4 Å². The highest BCUT2D eigenvalue weighted by atomic mass is 35.5. The Bertz CT molecular complexity index is 1020. The van der Waals surface area contributed by atoms with Crippen LogP contribution in [-0.4, -0.2) is 30.7 Å². The molecule has 0 saturated heterocycles. The Morgan fingerprint density at radius 1 is 1.00 bits per heavy atom. The maximum Gasteiger partial charge on any atom is 0.248 e. The lowest BCUT2D eigenvalue weighted by atomic mass is 10.1. The van der Waals surface area contributed by atoms with E-state index in [4.69, 9.17) is 31.5 Å². The van der Waals surface area contributed by atoms with Crippen LogP contribution in [0.15, 0.2) is 36.7 Å². The molecule has 0 saturated carbocycles. The van der Waals surface area contributed by atoms with Gasteiger partial charge < -0.3 is 25.3 Å². The van der Waals surface area contributed by atoms with Crippen LogP contribution < -0.4 is 25.3 Å². The molecule has 158 valence electrons. The zero-order valence-electron chi connectivity index (χ0n) is 17.5. The molecule has 0 unspecified atom stereocenters. The van der Waals surface area contributed by atoms with Gasteiger partial charge in [0, 0.05) is 11.6 Å². The van der Waals surface area contributed by atoms with Crippen molar-refractivity contribution in [2.75, 3.05) is 31.8 Å². The number of nitrogens with zero attached hydrogens (tertiary/aromatic N) is 2. The van der Waals surface area contributed by atoms with E-state index in [-0.39, 0.29) is 0 Å². The molecular weight excluding hydrogens is 404 g/mol. The van der Waals surface area contributed by atoms with Crippen LogP contribution in [0.2, 0.25) is 5.02 Å². The fourth-order valence-corrected chi connectivity index (χ4v) is 3.15. The Labute approximate surface area is 181 Å². The lowest BCUT2D eigenvalue weighted by Crippen LogP contribution is -2.10. The van der Waals surface area contributed by atoms with E-state index in [1.54, 1.807) is 14.2 Å². The topological polar surface area (TPSA) is 91.5 Å². The van der Waals surface area contributed by atoms with Crippen molar-refractivity contribution in [1.29, 1.82) is 0 Å². The van der Waals surface area contributed by atoms with Gasteiger partial charge in [-0.15, -0.1) is 0 Å². The molecule has 1 heterocycles. The molecule has 0 aliphatic rings. The van der Waals surface area contributed by atoms with Gasteiger partial charge in [0.05, 0.1) is 14.2 Å². The number of methoxy groups -OCH3 is 2. The molecule has 3 aromatic rings. The number of hydrogen-bond acceptors (Lipinski definition) is 7. The second-order valence-electron chi connectivity index (χ2n) is 6.78. The Hall–Kier alpha value is -3.19. The number of nitrogen functional groups attached to an aromatic ring is 1. The standard InChI is InChI=1S/C22H25ClN4O3/c1-13-9-16(10-14(2)19(13)23)30-22-20(24)21(26-12-27-22)25-8-7-15-5-6-17(28-3)18(11-15)29-4/h5-6,9-12H,7-8,24H2,1-4H3,(H,25,26,27). The highest BCUT2D eigenvalue weighted by molar-refractivity contribution is 6.32. The first kappa shape index (κ1) is 21.5. The summed E-state index contributed by atoms with van der Waals surface area (Å²) in [6.45, 7) is 4.47. The van der Waals surface area contributed by atoms with Gasteiger partial charge in [-0.05, 0) is 61.2 Å². The molecular formula is C22H25ClN4O3. The highest BCUT2D eigenvalue weighted by Gasteiger charge is 2.12. The van der Waals surface area contributed by atoms with E-state index < -0.39 is 0 Å². The van der Waals surface area contributed by atoms with E-state index >= 15 is 0 Å². The zero-order valence-corrected chi connectivity index (χ0v) is 18.2. The number of nitrogens with one attached hydrogen (secondary N) is 1. The molecule has 1 aromatic heterocycles. The Morgan fingerprint density at radius 3 is 2.37 bits per heavy atom. The lowest BCUT2D eigenvalue weighted by molar-refractivity contribution is 0.354. The van der Waals surface area contributed by atoms with Gasteiger partial charge in [0.1, 0.15) is 17.8 Å². The number of ether oxygens (including phenoxy) is 3. The van der Waals surface area contributed by atoms with Crippen molar-refractivity contribution in [1.82, 2.24) is 9.97 Å². The summed E-state index contributed by atoms with van der Waals surface area (Å²) in [5, 5.41) is 3.95. The number of aromatic nitrogens is 2. The molecule has 8 heteroatoms. The molecule has 30 heavy (non-hydrogen) atoms. The highest BCUT2D eigenvalue weighted by Crippen LogP contribution is 2.33. The molecule has 0 fully saturated rings. The molecule has 0 atom stereocenters. The largest absolute Gasteiger partial charge is 0.493 e. The van der Waals surface area contributed by atoms with Gasteiger partial charge in [-0.25, -0.2) is 4.98 Å². The minimum Gasteiger partial charge on any atom is -0.493 e. The van der Waals surface area contributed by atoms with E-state index in [1.807, 2.05) is 44.2 Å². The molecule has 3 rings (SSSR count). The summed E-state index contributed by atoms with van der Waals surface area (Å²) in [6, 6.07) is 9.52. The van der Waals surface area contributed by atoms with Crippen LogP contribution in [0.4, 0.5) is 11.5 Å². The Balaban J connectivity index is 1.68. The lowest BCUT2D eigenvalue weighted by Gasteiger charge is -2.13. The first-order chi connectivity index (χ1) is 14.4. The summed E-state index contributed by atoms with van der Waals surface area (Å²) < 4.78 is 16.5. The average Bonchev–Trinajstić information content (AvgIpc) is 2.74. The first-order valence-corrected chi connectivity index (χ1v) is 9.80. The van der Waals surface area contributed by atoms with E-state index in [0.29, 0.717) is 41.2 Å². The molecule has 0 aliphatic carbocycles. The molecule has 0 bridgehead atoms. The third-order valence-corrected chi connectivity index (χ3v) is 5.22. The van der Waals surface area contributed by atoms with Crippen LogP contribution in [0.3, 0.4) is 0 Å². The van der Waals surface area contributed by atoms with Crippen molar-refractivity contribution in [2.45, 2.75) is 20.3 Å². The normalized spacial score (nSPS) is 10.6. The summed E-state index contributed by atoms with van der Waals surface area (Å²) in [4.78, 5) is 8.39. The van der Waals surface area contributed by atoms with Crippen LogP contribution in [0.25, 0.3) is 0 Å². The Morgan fingerprint density at radius 2 is 1.70 bits per heavy atom. The van der Waals surface area contributed by atoms with Crippen LogP contribution in [-0.2, 0) is 6.42 Å². The molecule has 0 radical (unpaired) electrons. The minimum absolute atomic E-state index is 0.291. The van der Waals surface area contributed by atoms with E-state index in [9.17, 15) is 0 Å². The van der Waals surface area contributed by atoms with E-state index in [1.165, 1.54) is 6.33 Å². The summed E-state index contributed by atoms with van der Waals surface area (Å²) in [6.07, 6.45) is 2.16. The van der Waals surface area contributed by atoms with Crippen molar-refractivity contribution in [3.8, 4) is 23.1 Å². The molecule has 3 N–H and O–H groups in total. The van der Waals surface area contributed by atoms with Gasteiger partial charge >= 0.3 is 0 Å².